The molecule has 3 atom stereocenters. The van der Waals surface area contributed by atoms with Crippen LogP contribution < -0.4 is 0 Å². The molecule has 0 aliphatic carbocycles. The number of amides is 1. The Kier molecular flexibility index (Phi) is 4.54. The average molecular weight is 241 g/mol. The van der Waals surface area contributed by atoms with Gasteiger partial charge in [-0.3, -0.25) is 9.59 Å². The van der Waals surface area contributed by atoms with E-state index in [1.54, 1.807) is 4.90 Å². The van der Waals surface area contributed by atoms with Crippen LogP contribution in [0.2, 0.25) is 0 Å². The molecule has 1 N–H and O–H groups in total. The summed E-state index contributed by atoms with van der Waals surface area (Å²) in [6.45, 7) is 8.69. The highest BCUT2D eigenvalue weighted by Gasteiger charge is 2.38. The lowest BCUT2D eigenvalue weighted by Crippen LogP contribution is -2.38. The van der Waals surface area contributed by atoms with Crippen LogP contribution in [0, 0.1) is 17.8 Å². The van der Waals surface area contributed by atoms with E-state index < -0.39 is 11.9 Å². The van der Waals surface area contributed by atoms with Crippen molar-refractivity contribution in [1.82, 2.24) is 4.90 Å². The zero-order valence-electron chi connectivity index (χ0n) is 11.1. The number of nitrogens with zero attached hydrogens (tertiary/aromatic N) is 1. The van der Waals surface area contributed by atoms with Crippen molar-refractivity contribution in [3.63, 3.8) is 0 Å². The molecule has 0 aromatic heterocycles. The fraction of sp³-hybridized carbons (Fsp3) is 0.846. The van der Waals surface area contributed by atoms with Gasteiger partial charge in [-0.15, -0.1) is 0 Å². The summed E-state index contributed by atoms with van der Waals surface area (Å²) in [5.41, 5.74) is 0. The first-order chi connectivity index (χ1) is 7.84. The first kappa shape index (κ1) is 14.0. The number of carboxylic acid groups (broad SMARTS) is 1. The van der Waals surface area contributed by atoms with Gasteiger partial charge in [0.05, 0.1) is 5.92 Å². The Morgan fingerprint density at radius 3 is 2.35 bits per heavy atom. The molecule has 1 heterocycles. The van der Waals surface area contributed by atoms with Crippen LogP contribution in [0.15, 0.2) is 0 Å². The maximum absolute atomic E-state index is 12.1. The molecule has 98 valence electrons. The summed E-state index contributed by atoms with van der Waals surface area (Å²) in [4.78, 5) is 24.8. The topological polar surface area (TPSA) is 57.6 Å². The zero-order valence-corrected chi connectivity index (χ0v) is 11.1. The third-order valence-electron chi connectivity index (χ3n) is 4.03. The van der Waals surface area contributed by atoms with E-state index in [1.165, 1.54) is 0 Å². The number of carbonyl (C=O) groups is 2. The molecule has 0 bridgehead atoms. The van der Waals surface area contributed by atoms with Crippen molar-refractivity contribution in [2.75, 3.05) is 6.54 Å². The maximum atomic E-state index is 12.1. The van der Waals surface area contributed by atoms with Gasteiger partial charge in [0.15, 0.2) is 0 Å². The number of hydrogen-bond acceptors (Lipinski definition) is 2. The van der Waals surface area contributed by atoms with E-state index in [2.05, 4.69) is 20.8 Å². The van der Waals surface area contributed by atoms with Gasteiger partial charge in [-0.05, 0) is 25.2 Å². The molecule has 4 heteroatoms. The van der Waals surface area contributed by atoms with E-state index in [4.69, 9.17) is 5.11 Å². The maximum Gasteiger partial charge on any atom is 0.308 e. The van der Waals surface area contributed by atoms with Gasteiger partial charge in [0, 0.05) is 19.0 Å². The van der Waals surface area contributed by atoms with Crippen LogP contribution in [-0.4, -0.2) is 34.5 Å². The molecule has 0 saturated carbocycles. The molecule has 1 amide bonds. The third kappa shape index (κ3) is 3.20. The van der Waals surface area contributed by atoms with Crippen LogP contribution in [0.5, 0.6) is 0 Å². The minimum atomic E-state index is -0.787. The molecular formula is C13H23NO3. The van der Waals surface area contributed by atoms with Gasteiger partial charge in [-0.25, -0.2) is 0 Å². The van der Waals surface area contributed by atoms with Gasteiger partial charge in [0.1, 0.15) is 0 Å². The summed E-state index contributed by atoms with van der Waals surface area (Å²) in [5.74, 6) is -0.258. The Labute approximate surface area is 103 Å². The lowest BCUT2D eigenvalue weighted by Gasteiger charge is -2.25. The van der Waals surface area contributed by atoms with Crippen LogP contribution in [0.4, 0.5) is 0 Å². The molecule has 0 radical (unpaired) electrons. The van der Waals surface area contributed by atoms with Crippen molar-refractivity contribution in [1.29, 1.82) is 0 Å². The lowest BCUT2D eigenvalue weighted by atomic mass is 9.94. The second-order valence-corrected chi connectivity index (χ2v) is 5.49. The van der Waals surface area contributed by atoms with Gasteiger partial charge in [-0.1, -0.05) is 20.8 Å². The summed E-state index contributed by atoms with van der Waals surface area (Å²) in [5, 5.41) is 9.02. The van der Waals surface area contributed by atoms with Gasteiger partial charge in [0.25, 0.3) is 0 Å². The largest absolute Gasteiger partial charge is 0.481 e. The smallest absolute Gasteiger partial charge is 0.308 e. The van der Waals surface area contributed by atoms with E-state index in [9.17, 15) is 9.59 Å². The lowest BCUT2D eigenvalue weighted by molar-refractivity contribution is -0.143. The second kappa shape index (κ2) is 5.52. The predicted molar refractivity (Wildman–Crippen MR) is 65.5 cm³/mol. The Hall–Kier alpha value is -1.06. The molecule has 0 spiro atoms. The van der Waals surface area contributed by atoms with Crippen molar-refractivity contribution in [3.05, 3.63) is 0 Å². The monoisotopic (exact) mass is 241 g/mol. The SMILES string of the molecule is CC(C)C(C)CC(=O)N1CCC(C(=O)O)C1C. The standard InChI is InChI=1S/C13H23NO3/c1-8(2)9(3)7-12(15)14-6-5-11(10(14)4)13(16)17/h8-11H,5-7H2,1-4H3,(H,16,17). The molecule has 1 rings (SSSR count). The fourth-order valence-electron chi connectivity index (χ4n) is 2.25. The molecule has 1 aliphatic heterocycles. The molecule has 1 aliphatic rings. The van der Waals surface area contributed by atoms with Crippen molar-refractivity contribution in [2.45, 2.75) is 46.6 Å². The van der Waals surface area contributed by atoms with Gasteiger partial charge < -0.3 is 10.0 Å². The van der Waals surface area contributed by atoms with Crippen molar-refractivity contribution in [2.24, 2.45) is 17.8 Å². The molecular weight excluding hydrogens is 218 g/mol. The zero-order chi connectivity index (χ0) is 13.2. The van der Waals surface area contributed by atoms with E-state index in [0.717, 1.165) is 0 Å². The van der Waals surface area contributed by atoms with Gasteiger partial charge in [-0.2, -0.15) is 0 Å². The Balaban J connectivity index is 2.57. The van der Waals surface area contributed by atoms with Crippen LogP contribution in [-0.2, 0) is 9.59 Å². The predicted octanol–water partition coefficient (Wildman–Crippen LogP) is 1.99. The average Bonchev–Trinajstić information content (AvgIpc) is 2.59. The van der Waals surface area contributed by atoms with Crippen LogP contribution in [0.1, 0.15) is 40.5 Å². The van der Waals surface area contributed by atoms with Crippen LogP contribution >= 0.6 is 0 Å². The molecule has 0 aromatic rings. The summed E-state index contributed by atoms with van der Waals surface area (Å²) < 4.78 is 0. The molecule has 1 fully saturated rings. The summed E-state index contributed by atoms with van der Waals surface area (Å²) >= 11 is 0. The second-order valence-electron chi connectivity index (χ2n) is 5.49. The van der Waals surface area contributed by atoms with Crippen LogP contribution in [0.3, 0.4) is 0 Å². The fourth-order valence-corrected chi connectivity index (χ4v) is 2.25. The first-order valence-corrected chi connectivity index (χ1v) is 6.36. The Morgan fingerprint density at radius 1 is 1.35 bits per heavy atom. The van der Waals surface area contributed by atoms with Crippen LogP contribution in [0.25, 0.3) is 0 Å². The van der Waals surface area contributed by atoms with Gasteiger partial charge >= 0.3 is 5.97 Å². The van der Waals surface area contributed by atoms with Gasteiger partial charge in [0.2, 0.25) is 5.91 Å². The van der Waals surface area contributed by atoms with Crippen molar-refractivity contribution < 1.29 is 14.7 Å². The van der Waals surface area contributed by atoms with E-state index >= 15 is 0 Å². The van der Waals surface area contributed by atoms with E-state index in [0.29, 0.717) is 31.2 Å². The first-order valence-electron chi connectivity index (χ1n) is 6.36. The van der Waals surface area contributed by atoms with E-state index in [-0.39, 0.29) is 11.9 Å². The molecule has 17 heavy (non-hydrogen) atoms. The normalized spacial score (nSPS) is 26.3. The molecule has 0 aromatic carbocycles. The molecule has 4 nitrogen and oxygen atoms in total. The van der Waals surface area contributed by atoms with E-state index in [1.807, 2.05) is 6.92 Å². The summed E-state index contributed by atoms with van der Waals surface area (Å²) in [7, 11) is 0. The highest BCUT2D eigenvalue weighted by molar-refractivity contribution is 5.79. The molecule has 1 saturated heterocycles. The summed E-state index contributed by atoms with van der Waals surface area (Å²) in [6.07, 6.45) is 1.10. The molecule has 3 unspecified atom stereocenters. The highest BCUT2D eigenvalue weighted by Crippen LogP contribution is 2.26. The Morgan fingerprint density at radius 2 is 1.94 bits per heavy atom. The number of hydrogen-bond donors (Lipinski definition) is 1. The van der Waals surface area contributed by atoms with Crippen molar-refractivity contribution in [3.8, 4) is 0 Å². The Bertz CT molecular complexity index is 301. The number of aliphatic carboxylic acids is 1. The number of carboxylic acids is 1. The summed E-state index contributed by atoms with van der Waals surface area (Å²) in [6, 6.07) is -0.167. The third-order valence-corrected chi connectivity index (χ3v) is 4.03. The quantitative estimate of drug-likeness (QED) is 0.819. The number of carbonyl (C=O) groups excluding carboxylic acids is 1. The van der Waals surface area contributed by atoms with Crippen molar-refractivity contribution >= 4 is 11.9 Å². The minimum absolute atomic E-state index is 0.0995. The minimum Gasteiger partial charge on any atom is -0.481 e. The number of rotatable bonds is 4. The highest BCUT2D eigenvalue weighted by atomic mass is 16.4. The number of likely N-dealkylation sites (tertiary alicyclic amines) is 1.